The highest BCUT2D eigenvalue weighted by molar-refractivity contribution is 5.95. The summed E-state index contributed by atoms with van der Waals surface area (Å²) in [6.07, 6.45) is 0.814. The fourth-order valence-corrected chi connectivity index (χ4v) is 4.62. The average molecular weight is 427 g/mol. The highest BCUT2D eigenvalue weighted by Gasteiger charge is 2.35. The summed E-state index contributed by atoms with van der Waals surface area (Å²) >= 11 is 0. The third kappa shape index (κ3) is 3.50. The Morgan fingerprint density at radius 2 is 1.72 bits per heavy atom. The van der Waals surface area contributed by atoms with Gasteiger partial charge in [-0.05, 0) is 66.9 Å². The molecule has 5 nitrogen and oxygen atoms in total. The molecule has 1 N–H and O–H groups in total. The van der Waals surface area contributed by atoms with Crippen molar-refractivity contribution in [3.8, 4) is 11.5 Å². The lowest BCUT2D eigenvalue weighted by Gasteiger charge is -2.36. The van der Waals surface area contributed by atoms with E-state index in [9.17, 15) is 4.79 Å². The molecule has 3 aromatic carbocycles. The van der Waals surface area contributed by atoms with Gasteiger partial charge in [-0.15, -0.1) is 0 Å². The smallest absolute Gasteiger partial charge is 0.254 e. The third-order valence-corrected chi connectivity index (χ3v) is 6.14. The second kappa shape index (κ2) is 8.42. The lowest BCUT2D eigenvalue weighted by molar-refractivity contribution is 0.0692. The van der Waals surface area contributed by atoms with E-state index in [4.69, 9.17) is 9.47 Å². The van der Waals surface area contributed by atoms with Crippen molar-refractivity contribution in [3.63, 3.8) is 0 Å². The molecule has 0 radical (unpaired) electrons. The normalized spacial score (nSPS) is 15.4. The first-order chi connectivity index (χ1) is 15.7. The van der Waals surface area contributed by atoms with Crippen molar-refractivity contribution in [1.29, 1.82) is 0 Å². The van der Waals surface area contributed by atoms with Crippen molar-refractivity contribution >= 4 is 16.8 Å². The summed E-state index contributed by atoms with van der Waals surface area (Å²) in [4.78, 5) is 19.2. The van der Waals surface area contributed by atoms with Gasteiger partial charge in [-0.1, -0.05) is 30.3 Å². The summed E-state index contributed by atoms with van der Waals surface area (Å²) in [6.45, 7) is 3.25. The zero-order chi connectivity index (χ0) is 22.1. The zero-order valence-electron chi connectivity index (χ0n) is 18.3. The molecule has 1 aromatic heterocycles. The Morgan fingerprint density at radius 1 is 1.00 bits per heavy atom. The first-order valence-corrected chi connectivity index (χ1v) is 11.0. The van der Waals surface area contributed by atoms with E-state index in [-0.39, 0.29) is 11.9 Å². The molecule has 0 spiro atoms. The van der Waals surface area contributed by atoms with Crippen molar-refractivity contribution in [3.05, 3.63) is 95.2 Å². The summed E-state index contributed by atoms with van der Waals surface area (Å²) in [7, 11) is 1.63. The standard InChI is InChI=1S/C27H26N2O3/c1-3-32-21-14-8-18(9-15-21)26-25-23(22-6-4-5-7-24(22)28-25)16-17-29(26)27(30)19-10-12-20(31-2)13-11-19/h4-15,26,28H,3,16-17H2,1-2H3/t26-/m1/s1. The van der Waals surface area contributed by atoms with Gasteiger partial charge in [0.25, 0.3) is 5.91 Å². The third-order valence-electron chi connectivity index (χ3n) is 6.14. The summed E-state index contributed by atoms with van der Waals surface area (Å²) in [5.41, 5.74) is 5.19. The van der Waals surface area contributed by atoms with Crippen LogP contribution in [0.3, 0.4) is 0 Å². The highest BCUT2D eigenvalue weighted by Crippen LogP contribution is 2.39. The second-order valence-corrected chi connectivity index (χ2v) is 7.94. The molecule has 0 bridgehead atoms. The summed E-state index contributed by atoms with van der Waals surface area (Å²) in [5, 5.41) is 1.23. The Hall–Kier alpha value is -3.73. The number of amides is 1. The average Bonchev–Trinajstić information content (AvgIpc) is 3.22. The summed E-state index contributed by atoms with van der Waals surface area (Å²) in [5.74, 6) is 1.58. The van der Waals surface area contributed by atoms with Crippen LogP contribution in [0.1, 0.15) is 40.1 Å². The van der Waals surface area contributed by atoms with Gasteiger partial charge in [-0.3, -0.25) is 4.79 Å². The van der Waals surface area contributed by atoms with Gasteiger partial charge in [0.15, 0.2) is 0 Å². The molecule has 1 aliphatic heterocycles. The van der Waals surface area contributed by atoms with Gasteiger partial charge in [0.1, 0.15) is 11.5 Å². The SMILES string of the molecule is CCOc1ccc([C@@H]2c3[nH]c4ccccc4c3CCN2C(=O)c2ccc(OC)cc2)cc1. The number of para-hydroxylation sites is 1. The van der Waals surface area contributed by atoms with E-state index in [0.717, 1.165) is 34.7 Å². The molecule has 2 heterocycles. The second-order valence-electron chi connectivity index (χ2n) is 7.94. The van der Waals surface area contributed by atoms with Crippen LogP contribution in [0.25, 0.3) is 10.9 Å². The number of H-pyrrole nitrogens is 1. The van der Waals surface area contributed by atoms with Crippen molar-refractivity contribution in [1.82, 2.24) is 9.88 Å². The van der Waals surface area contributed by atoms with E-state index in [1.807, 2.05) is 54.3 Å². The Bertz CT molecular complexity index is 1240. The van der Waals surface area contributed by atoms with Crippen LogP contribution in [0.4, 0.5) is 0 Å². The van der Waals surface area contributed by atoms with E-state index in [1.165, 1.54) is 10.9 Å². The maximum absolute atomic E-state index is 13.6. The predicted molar refractivity (Wildman–Crippen MR) is 125 cm³/mol. The molecular formula is C27H26N2O3. The van der Waals surface area contributed by atoms with Crippen LogP contribution in [0, 0.1) is 0 Å². The molecule has 0 fully saturated rings. The zero-order valence-corrected chi connectivity index (χ0v) is 18.3. The number of nitrogens with zero attached hydrogens (tertiary/aromatic N) is 1. The Labute approximate surface area is 187 Å². The molecule has 5 heteroatoms. The van der Waals surface area contributed by atoms with Gasteiger partial charge >= 0.3 is 0 Å². The maximum atomic E-state index is 13.6. The number of carbonyl (C=O) groups is 1. The van der Waals surface area contributed by atoms with E-state index in [1.54, 1.807) is 7.11 Å². The Morgan fingerprint density at radius 3 is 2.44 bits per heavy atom. The number of hydrogen-bond acceptors (Lipinski definition) is 3. The van der Waals surface area contributed by atoms with Gasteiger partial charge in [0.05, 0.1) is 19.8 Å². The van der Waals surface area contributed by atoms with Gasteiger partial charge in [-0.2, -0.15) is 0 Å². The van der Waals surface area contributed by atoms with Crippen LogP contribution >= 0.6 is 0 Å². The van der Waals surface area contributed by atoms with Gasteiger partial charge < -0.3 is 19.4 Å². The van der Waals surface area contributed by atoms with Gasteiger partial charge in [0, 0.05) is 28.7 Å². The highest BCUT2D eigenvalue weighted by atomic mass is 16.5. The van der Waals surface area contributed by atoms with E-state index in [0.29, 0.717) is 18.7 Å². The van der Waals surface area contributed by atoms with Crippen molar-refractivity contribution in [2.45, 2.75) is 19.4 Å². The lowest BCUT2D eigenvalue weighted by Crippen LogP contribution is -2.40. The van der Waals surface area contributed by atoms with Crippen molar-refractivity contribution in [2.75, 3.05) is 20.3 Å². The summed E-state index contributed by atoms with van der Waals surface area (Å²) < 4.78 is 10.9. The lowest BCUT2D eigenvalue weighted by atomic mass is 9.91. The number of hydrogen-bond donors (Lipinski definition) is 1. The number of carbonyl (C=O) groups excluding carboxylic acids is 1. The monoisotopic (exact) mass is 426 g/mol. The predicted octanol–water partition coefficient (Wildman–Crippen LogP) is 5.36. The van der Waals surface area contributed by atoms with E-state index >= 15 is 0 Å². The fourth-order valence-electron chi connectivity index (χ4n) is 4.62. The first-order valence-electron chi connectivity index (χ1n) is 11.0. The molecule has 5 rings (SSSR count). The largest absolute Gasteiger partial charge is 0.497 e. The molecule has 4 aromatic rings. The number of aromatic nitrogens is 1. The van der Waals surface area contributed by atoms with Crippen molar-refractivity contribution < 1.29 is 14.3 Å². The quantitative estimate of drug-likeness (QED) is 0.467. The molecule has 32 heavy (non-hydrogen) atoms. The first kappa shape index (κ1) is 20.2. The number of fused-ring (bicyclic) bond motifs is 3. The molecule has 0 aliphatic carbocycles. The topological polar surface area (TPSA) is 54.6 Å². The fraction of sp³-hybridized carbons (Fsp3) is 0.222. The van der Waals surface area contributed by atoms with Crippen LogP contribution in [0.2, 0.25) is 0 Å². The number of benzene rings is 3. The van der Waals surface area contributed by atoms with E-state index < -0.39 is 0 Å². The number of rotatable bonds is 5. The minimum absolute atomic E-state index is 0.0100. The minimum Gasteiger partial charge on any atom is -0.497 e. The summed E-state index contributed by atoms with van der Waals surface area (Å²) in [6, 6.07) is 23.6. The number of aromatic amines is 1. The molecule has 162 valence electrons. The van der Waals surface area contributed by atoms with Crippen LogP contribution in [-0.2, 0) is 6.42 Å². The molecule has 0 saturated heterocycles. The minimum atomic E-state index is -0.198. The Balaban J connectivity index is 1.59. The number of nitrogens with one attached hydrogen (secondary N) is 1. The van der Waals surface area contributed by atoms with E-state index in [2.05, 4.69) is 35.3 Å². The van der Waals surface area contributed by atoms with Crippen LogP contribution in [0.5, 0.6) is 11.5 Å². The maximum Gasteiger partial charge on any atom is 0.254 e. The molecule has 0 saturated carbocycles. The molecule has 1 amide bonds. The van der Waals surface area contributed by atoms with Crippen molar-refractivity contribution in [2.24, 2.45) is 0 Å². The molecule has 0 unspecified atom stereocenters. The van der Waals surface area contributed by atoms with Crippen LogP contribution in [-0.4, -0.2) is 36.1 Å². The van der Waals surface area contributed by atoms with Gasteiger partial charge in [-0.25, -0.2) is 0 Å². The molecule has 1 aliphatic rings. The number of methoxy groups -OCH3 is 1. The molecular weight excluding hydrogens is 400 g/mol. The molecule has 1 atom stereocenters. The van der Waals surface area contributed by atoms with Crippen LogP contribution < -0.4 is 9.47 Å². The van der Waals surface area contributed by atoms with Gasteiger partial charge in [0.2, 0.25) is 0 Å². The Kier molecular flexibility index (Phi) is 5.31. The van der Waals surface area contributed by atoms with Crippen LogP contribution in [0.15, 0.2) is 72.8 Å². The number of ether oxygens (including phenoxy) is 2.